The first-order chi connectivity index (χ1) is 14.9. The number of amides is 1. The third-order valence-electron chi connectivity index (χ3n) is 4.92. The van der Waals surface area contributed by atoms with Gasteiger partial charge in [0.15, 0.2) is 0 Å². The summed E-state index contributed by atoms with van der Waals surface area (Å²) < 4.78 is 32.8. The number of hydrogen-bond acceptors (Lipinski definition) is 5. The molecular weight excluding hydrogens is 414 g/mol. The Kier molecular flexibility index (Phi) is 5.44. The average Bonchev–Trinajstić information content (AvgIpc) is 2.79. The van der Waals surface area contributed by atoms with E-state index in [9.17, 15) is 18.0 Å². The van der Waals surface area contributed by atoms with Crippen LogP contribution in [0.25, 0.3) is 11.0 Å². The molecule has 1 heterocycles. The highest BCUT2D eigenvalue weighted by molar-refractivity contribution is 7.93. The first kappa shape index (κ1) is 20.6. The van der Waals surface area contributed by atoms with Gasteiger partial charge < -0.3 is 4.42 Å². The molecule has 0 radical (unpaired) electrons. The van der Waals surface area contributed by atoms with Gasteiger partial charge in [-0.25, -0.2) is 13.2 Å². The van der Waals surface area contributed by atoms with Crippen LogP contribution in [0.15, 0.2) is 99.0 Å². The molecule has 4 rings (SSSR count). The number of carbonyl (C=O) groups excluding carboxylic acids is 1. The van der Waals surface area contributed by atoms with E-state index in [2.05, 4.69) is 0 Å². The van der Waals surface area contributed by atoms with Gasteiger partial charge in [0.25, 0.3) is 15.9 Å². The summed E-state index contributed by atoms with van der Waals surface area (Å²) in [6.07, 6.45) is 0.758. The molecule has 6 nitrogen and oxygen atoms in total. The molecule has 0 unspecified atom stereocenters. The summed E-state index contributed by atoms with van der Waals surface area (Å²) >= 11 is 0. The molecule has 0 N–H and O–H groups in total. The van der Waals surface area contributed by atoms with Crippen molar-refractivity contribution in [3.63, 3.8) is 0 Å². The number of rotatable bonds is 5. The average molecular weight is 433 g/mol. The molecule has 156 valence electrons. The molecule has 0 atom stereocenters. The predicted octanol–water partition coefficient (Wildman–Crippen LogP) is 4.39. The molecule has 1 amide bonds. The topological polar surface area (TPSA) is 84.7 Å². The Morgan fingerprint density at radius 3 is 2.23 bits per heavy atom. The van der Waals surface area contributed by atoms with Crippen LogP contribution in [-0.4, -0.2) is 14.3 Å². The summed E-state index contributed by atoms with van der Waals surface area (Å²) in [4.78, 5) is 26.0. The van der Waals surface area contributed by atoms with Crippen LogP contribution in [0.5, 0.6) is 0 Å². The molecule has 4 aromatic rings. The molecule has 0 aliphatic carbocycles. The van der Waals surface area contributed by atoms with Crippen LogP contribution < -0.4 is 9.93 Å². The van der Waals surface area contributed by atoms with Crippen LogP contribution in [0.2, 0.25) is 0 Å². The summed E-state index contributed by atoms with van der Waals surface area (Å²) in [5, 5.41) is 0.517. The van der Waals surface area contributed by atoms with Gasteiger partial charge >= 0.3 is 5.63 Å². The number of fused-ring (bicyclic) bond motifs is 1. The van der Waals surface area contributed by atoms with E-state index in [0.29, 0.717) is 15.3 Å². The van der Waals surface area contributed by atoms with E-state index in [-0.39, 0.29) is 16.1 Å². The summed E-state index contributed by atoms with van der Waals surface area (Å²) in [5.41, 5.74) is 0.172. The van der Waals surface area contributed by atoms with Gasteiger partial charge in [-0.3, -0.25) is 4.79 Å². The van der Waals surface area contributed by atoms with E-state index in [0.717, 1.165) is 12.0 Å². The third-order valence-corrected chi connectivity index (χ3v) is 6.64. The standard InChI is InChI=1S/C24H19NO5S/c1-2-17-12-14-19(15-13-17)25(31(28,29)20-9-4-3-5-10-20)23(26)21-16-18-8-6-7-11-22(18)30-24(21)27/h3-16H,2H2,1H3. The van der Waals surface area contributed by atoms with Crippen LogP contribution in [0.4, 0.5) is 5.69 Å². The fourth-order valence-electron chi connectivity index (χ4n) is 3.25. The first-order valence-electron chi connectivity index (χ1n) is 9.68. The third kappa shape index (κ3) is 3.87. The molecule has 0 saturated heterocycles. The quantitative estimate of drug-likeness (QED) is 0.436. The van der Waals surface area contributed by atoms with Crippen LogP contribution >= 0.6 is 0 Å². The van der Waals surface area contributed by atoms with Crippen LogP contribution in [0.3, 0.4) is 0 Å². The summed E-state index contributed by atoms with van der Waals surface area (Å²) in [7, 11) is -4.29. The lowest BCUT2D eigenvalue weighted by Gasteiger charge is -2.22. The van der Waals surface area contributed by atoms with Crippen LogP contribution in [0.1, 0.15) is 22.8 Å². The lowest BCUT2D eigenvalue weighted by Crippen LogP contribution is -2.39. The van der Waals surface area contributed by atoms with Gasteiger partial charge in [0.05, 0.1) is 10.6 Å². The van der Waals surface area contributed by atoms with Gasteiger partial charge in [0, 0.05) is 5.39 Å². The monoisotopic (exact) mass is 433 g/mol. The Morgan fingerprint density at radius 1 is 0.903 bits per heavy atom. The van der Waals surface area contributed by atoms with Gasteiger partial charge in [-0.1, -0.05) is 55.5 Å². The number of nitrogens with zero attached hydrogens (tertiary/aromatic N) is 1. The number of hydrogen-bond donors (Lipinski definition) is 0. The molecule has 1 aromatic heterocycles. The Hall–Kier alpha value is -3.71. The number of para-hydroxylation sites is 1. The Labute approximate surface area is 179 Å². The van der Waals surface area contributed by atoms with Gasteiger partial charge in [-0.15, -0.1) is 0 Å². The van der Waals surface area contributed by atoms with Crippen molar-refractivity contribution in [2.75, 3.05) is 4.31 Å². The summed E-state index contributed by atoms with van der Waals surface area (Å²) in [6, 6.07) is 22.3. The molecule has 31 heavy (non-hydrogen) atoms. The summed E-state index contributed by atoms with van der Waals surface area (Å²) in [6.45, 7) is 1.97. The zero-order valence-corrected chi connectivity index (χ0v) is 17.5. The number of aryl methyl sites for hydroxylation is 1. The fourth-order valence-corrected chi connectivity index (χ4v) is 4.68. The maximum Gasteiger partial charge on any atom is 0.349 e. The zero-order valence-electron chi connectivity index (χ0n) is 16.7. The van der Waals surface area contributed by atoms with Crippen molar-refractivity contribution in [3.05, 3.63) is 106 Å². The second kappa shape index (κ2) is 8.20. The molecule has 0 aliphatic heterocycles. The van der Waals surface area contributed by atoms with Gasteiger partial charge in [0.2, 0.25) is 0 Å². The van der Waals surface area contributed by atoms with E-state index in [4.69, 9.17) is 4.42 Å². The van der Waals surface area contributed by atoms with Crippen molar-refractivity contribution in [2.24, 2.45) is 0 Å². The van der Waals surface area contributed by atoms with Gasteiger partial charge in [-0.2, -0.15) is 4.31 Å². The molecule has 0 fully saturated rings. The number of sulfonamides is 1. The first-order valence-corrected chi connectivity index (χ1v) is 11.1. The largest absolute Gasteiger partial charge is 0.422 e. The van der Waals surface area contributed by atoms with Crippen molar-refractivity contribution in [2.45, 2.75) is 18.2 Å². The Balaban J connectivity index is 1.91. The lowest BCUT2D eigenvalue weighted by atomic mass is 10.1. The molecule has 0 aliphatic rings. The second-order valence-electron chi connectivity index (χ2n) is 6.89. The normalized spacial score (nSPS) is 11.4. The van der Waals surface area contributed by atoms with Gasteiger partial charge in [0.1, 0.15) is 11.1 Å². The van der Waals surface area contributed by atoms with Crippen molar-refractivity contribution >= 4 is 32.6 Å². The maximum atomic E-state index is 13.5. The molecule has 0 bridgehead atoms. The molecular formula is C24H19NO5S. The smallest absolute Gasteiger partial charge is 0.349 e. The zero-order chi connectivity index (χ0) is 22.0. The lowest BCUT2D eigenvalue weighted by molar-refractivity contribution is 0.100. The van der Waals surface area contributed by atoms with E-state index >= 15 is 0 Å². The second-order valence-corrected chi connectivity index (χ2v) is 8.68. The minimum atomic E-state index is -4.29. The minimum Gasteiger partial charge on any atom is -0.422 e. The number of anilines is 1. The fraction of sp³-hybridized carbons (Fsp3) is 0.0833. The van der Waals surface area contributed by atoms with E-state index in [1.165, 1.54) is 18.2 Å². The van der Waals surface area contributed by atoms with Crippen molar-refractivity contribution < 1.29 is 17.6 Å². The minimum absolute atomic E-state index is 0.0619. The Bertz CT molecular complexity index is 1410. The maximum absolute atomic E-state index is 13.5. The number of carbonyl (C=O) groups is 1. The van der Waals surface area contributed by atoms with Crippen molar-refractivity contribution in [3.8, 4) is 0 Å². The molecule has 0 spiro atoms. The van der Waals surface area contributed by atoms with E-state index < -0.39 is 21.6 Å². The van der Waals surface area contributed by atoms with E-state index in [1.807, 2.05) is 6.92 Å². The highest BCUT2D eigenvalue weighted by Gasteiger charge is 2.33. The molecule has 3 aromatic carbocycles. The highest BCUT2D eigenvalue weighted by atomic mass is 32.2. The van der Waals surface area contributed by atoms with Crippen molar-refractivity contribution in [1.82, 2.24) is 0 Å². The highest BCUT2D eigenvalue weighted by Crippen LogP contribution is 2.26. The summed E-state index contributed by atoms with van der Waals surface area (Å²) in [5.74, 6) is -0.979. The molecule has 7 heteroatoms. The SMILES string of the molecule is CCc1ccc(N(C(=O)c2cc3ccccc3oc2=O)S(=O)(=O)c2ccccc2)cc1. The predicted molar refractivity (Wildman–Crippen MR) is 119 cm³/mol. The number of benzene rings is 3. The van der Waals surface area contributed by atoms with Gasteiger partial charge in [-0.05, 0) is 48.4 Å². The molecule has 0 saturated carbocycles. The van der Waals surface area contributed by atoms with Crippen LogP contribution in [0, 0.1) is 0 Å². The van der Waals surface area contributed by atoms with E-state index in [1.54, 1.807) is 66.7 Å². The Morgan fingerprint density at radius 2 is 1.55 bits per heavy atom. The van der Waals surface area contributed by atoms with Crippen LogP contribution in [-0.2, 0) is 16.4 Å². The van der Waals surface area contributed by atoms with Crippen molar-refractivity contribution in [1.29, 1.82) is 0 Å².